The van der Waals surface area contributed by atoms with Gasteiger partial charge in [0.15, 0.2) is 5.84 Å². The van der Waals surface area contributed by atoms with E-state index in [4.69, 9.17) is 4.42 Å². The van der Waals surface area contributed by atoms with Crippen molar-refractivity contribution in [2.75, 3.05) is 0 Å². The summed E-state index contributed by atoms with van der Waals surface area (Å²) in [6.07, 6.45) is 1.47. The number of hydrogen-bond acceptors (Lipinski definition) is 5. The summed E-state index contributed by atoms with van der Waals surface area (Å²) in [5, 5.41) is 4.04. The van der Waals surface area contributed by atoms with Crippen molar-refractivity contribution in [2.45, 2.75) is 4.90 Å². The fourth-order valence-electron chi connectivity index (χ4n) is 2.53. The number of halogens is 1. The standard InChI is InChI=1S/C18H12BrN3O3S/c19-13-7-5-12(6-8-13)16-10-9-14(25-16)11-20-21-18-15-3-1-2-4-17(15)26(23,24)22-18/h1-11H,(H,21,22)/b20-11-. The number of benzene rings is 2. The number of rotatable bonds is 3. The fourth-order valence-corrected chi connectivity index (χ4v) is 3.97. The van der Waals surface area contributed by atoms with Gasteiger partial charge in [-0.25, -0.2) is 0 Å². The molecule has 1 N–H and O–H groups in total. The number of hydrazone groups is 1. The summed E-state index contributed by atoms with van der Waals surface area (Å²) >= 11 is 3.40. The van der Waals surface area contributed by atoms with Gasteiger partial charge in [0.05, 0.1) is 6.21 Å². The molecule has 0 unspecified atom stereocenters. The topological polar surface area (TPSA) is 84.0 Å². The molecule has 0 bridgehead atoms. The molecule has 0 atom stereocenters. The molecule has 0 aliphatic carbocycles. The van der Waals surface area contributed by atoms with Crippen LogP contribution < -0.4 is 5.43 Å². The zero-order valence-corrected chi connectivity index (χ0v) is 15.7. The molecule has 130 valence electrons. The van der Waals surface area contributed by atoms with Crippen LogP contribution in [-0.2, 0) is 10.0 Å². The zero-order valence-electron chi connectivity index (χ0n) is 13.3. The Labute approximate surface area is 158 Å². The molecule has 4 rings (SSSR count). The third kappa shape index (κ3) is 3.21. The van der Waals surface area contributed by atoms with Gasteiger partial charge >= 0.3 is 0 Å². The second-order valence-electron chi connectivity index (χ2n) is 5.49. The Hall–Kier alpha value is -2.71. The van der Waals surface area contributed by atoms with E-state index in [2.05, 4.69) is 30.9 Å². The fraction of sp³-hybridized carbons (Fsp3) is 0. The van der Waals surface area contributed by atoms with Crippen molar-refractivity contribution in [2.24, 2.45) is 9.50 Å². The molecule has 8 heteroatoms. The first-order valence-corrected chi connectivity index (χ1v) is 9.85. The molecule has 2 aromatic carbocycles. The molecule has 1 aliphatic rings. The molecule has 3 aromatic rings. The summed E-state index contributed by atoms with van der Waals surface area (Å²) in [5.41, 5.74) is 4.12. The highest BCUT2D eigenvalue weighted by molar-refractivity contribution is 9.10. The van der Waals surface area contributed by atoms with E-state index < -0.39 is 10.0 Å². The van der Waals surface area contributed by atoms with Gasteiger partial charge in [-0.2, -0.15) is 13.5 Å². The van der Waals surface area contributed by atoms with E-state index in [0.717, 1.165) is 10.0 Å². The Bertz CT molecular complexity index is 1130. The van der Waals surface area contributed by atoms with Crippen molar-refractivity contribution in [3.05, 3.63) is 76.5 Å². The first-order chi connectivity index (χ1) is 12.5. The number of hydrogen-bond donors (Lipinski definition) is 1. The molecule has 0 saturated carbocycles. The van der Waals surface area contributed by atoms with Crippen molar-refractivity contribution in [3.63, 3.8) is 0 Å². The van der Waals surface area contributed by atoms with E-state index in [0.29, 0.717) is 17.1 Å². The molecule has 26 heavy (non-hydrogen) atoms. The average Bonchev–Trinajstić information content (AvgIpc) is 3.19. The minimum Gasteiger partial charge on any atom is -0.455 e. The van der Waals surface area contributed by atoms with Crippen LogP contribution in [-0.4, -0.2) is 20.5 Å². The highest BCUT2D eigenvalue weighted by Crippen LogP contribution is 2.25. The van der Waals surface area contributed by atoms with E-state index in [-0.39, 0.29) is 10.7 Å². The first kappa shape index (κ1) is 16.7. The lowest BCUT2D eigenvalue weighted by Gasteiger charge is -1.99. The maximum Gasteiger partial charge on any atom is 0.285 e. The predicted molar refractivity (Wildman–Crippen MR) is 103 cm³/mol. The van der Waals surface area contributed by atoms with Crippen LogP contribution in [0.1, 0.15) is 11.3 Å². The largest absolute Gasteiger partial charge is 0.455 e. The third-order valence-corrected chi connectivity index (χ3v) is 5.61. The number of sulfonamides is 1. The lowest BCUT2D eigenvalue weighted by atomic mass is 10.2. The van der Waals surface area contributed by atoms with Gasteiger partial charge in [0.1, 0.15) is 16.4 Å². The molecule has 0 radical (unpaired) electrons. The monoisotopic (exact) mass is 429 g/mol. The van der Waals surface area contributed by atoms with Crippen LogP contribution in [0.2, 0.25) is 0 Å². The summed E-state index contributed by atoms with van der Waals surface area (Å²) in [6, 6.07) is 18.0. The Morgan fingerprint density at radius 3 is 2.62 bits per heavy atom. The van der Waals surface area contributed by atoms with Crippen molar-refractivity contribution < 1.29 is 12.8 Å². The van der Waals surface area contributed by atoms with Crippen molar-refractivity contribution in [1.29, 1.82) is 0 Å². The second kappa shape index (κ2) is 6.54. The number of nitrogens with zero attached hydrogens (tertiary/aromatic N) is 2. The SMILES string of the molecule is O=S1(=O)N=C(N/N=C\c2ccc(-c3ccc(Br)cc3)o2)c2ccccc21. The Morgan fingerprint density at radius 2 is 1.81 bits per heavy atom. The van der Waals surface area contributed by atoms with Gasteiger partial charge in [-0.05, 0) is 36.4 Å². The Morgan fingerprint density at radius 1 is 1.04 bits per heavy atom. The van der Waals surface area contributed by atoms with Crippen LogP contribution in [0.5, 0.6) is 0 Å². The number of nitrogens with one attached hydrogen (secondary N) is 1. The molecule has 1 aliphatic heterocycles. The number of amidine groups is 1. The van der Waals surface area contributed by atoms with Gasteiger partial charge in [0, 0.05) is 15.6 Å². The van der Waals surface area contributed by atoms with E-state index in [1.807, 2.05) is 30.3 Å². The zero-order chi connectivity index (χ0) is 18.1. The third-order valence-electron chi connectivity index (χ3n) is 3.75. The van der Waals surface area contributed by atoms with Crippen molar-refractivity contribution in [1.82, 2.24) is 5.43 Å². The Balaban J connectivity index is 1.51. The molecule has 1 aromatic heterocycles. The molecule has 0 fully saturated rings. The lowest BCUT2D eigenvalue weighted by molar-refractivity contribution is 0.574. The van der Waals surface area contributed by atoms with Gasteiger partial charge in [-0.15, -0.1) is 4.40 Å². The van der Waals surface area contributed by atoms with Gasteiger partial charge < -0.3 is 4.42 Å². The average molecular weight is 430 g/mol. The lowest BCUT2D eigenvalue weighted by Crippen LogP contribution is -2.17. The number of fused-ring (bicyclic) bond motifs is 1. The highest BCUT2D eigenvalue weighted by Gasteiger charge is 2.28. The van der Waals surface area contributed by atoms with Crippen LogP contribution in [0.15, 0.2) is 83.9 Å². The molecule has 2 heterocycles. The van der Waals surface area contributed by atoms with Crippen molar-refractivity contribution >= 4 is 38.0 Å². The quantitative estimate of drug-likeness (QED) is 0.507. The van der Waals surface area contributed by atoms with E-state index in [9.17, 15) is 8.42 Å². The van der Waals surface area contributed by atoms with Gasteiger partial charge in [-0.1, -0.05) is 40.2 Å². The minimum atomic E-state index is -3.66. The van der Waals surface area contributed by atoms with Gasteiger partial charge in [0.2, 0.25) is 0 Å². The normalized spacial score (nSPS) is 15.0. The van der Waals surface area contributed by atoms with Crippen LogP contribution in [0.3, 0.4) is 0 Å². The predicted octanol–water partition coefficient (Wildman–Crippen LogP) is 3.78. The Kier molecular flexibility index (Phi) is 4.21. The molecule has 0 saturated heterocycles. The molecule has 0 spiro atoms. The second-order valence-corrected chi connectivity index (χ2v) is 7.98. The summed E-state index contributed by atoms with van der Waals surface area (Å²) in [7, 11) is -3.66. The van der Waals surface area contributed by atoms with Gasteiger partial charge in [0.25, 0.3) is 10.0 Å². The molecular formula is C18H12BrN3O3S. The van der Waals surface area contributed by atoms with Crippen LogP contribution in [0, 0.1) is 0 Å². The highest BCUT2D eigenvalue weighted by atomic mass is 79.9. The number of furan rings is 1. The van der Waals surface area contributed by atoms with Crippen molar-refractivity contribution in [3.8, 4) is 11.3 Å². The van der Waals surface area contributed by atoms with Crippen LogP contribution in [0.4, 0.5) is 0 Å². The van der Waals surface area contributed by atoms with E-state index >= 15 is 0 Å². The first-order valence-electron chi connectivity index (χ1n) is 7.62. The molecular weight excluding hydrogens is 418 g/mol. The molecule has 6 nitrogen and oxygen atoms in total. The smallest absolute Gasteiger partial charge is 0.285 e. The van der Waals surface area contributed by atoms with Crippen LogP contribution in [0.25, 0.3) is 11.3 Å². The maximum absolute atomic E-state index is 12.0. The van der Waals surface area contributed by atoms with E-state index in [1.54, 1.807) is 24.3 Å². The minimum absolute atomic E-state index is 0.174. The van der Waals surface area contributed by atoms with Crippen LogP contribution >= 0.6 is 15.9 Å². The van der Waals surface area contributed by atoms with E-state index in [1.165, 1.54) is 12.3 Å². The summed E-state index contributed by atoms with van der Waals surface area (Å²) < 4.78 is 34.4. The van der Waals surface area contributed by atoms with Gasteiger partial charge in [-0.3, -0.25) is 5.43 Å². The summed E-state index contributed by atoms with van der Waals surface area (Å²) in [5.74, 6) is 1.44. The molecule has 0 amide bonds. The maximum atomic E-state index is 12.0. The summed E-state index contributed by atoms with van der Waals surface area (Å²) in [4.78, 5) is 0.174. The summed E-state index contributed by atoms with van der Waals surface area (Å²) in [6.45, 7) is 0.